The summed E-state index contributed by atoms with van der Waals surface area (Å²) in [5, 5.41) is 2.05. The third-order valence-electron chi connectivity index (χ3n) is 2.79. The molecule has 0 fully saturated rings. The van der Waals surface area contributed by atoms with E-state index in [1.165, 1.54) is 0 Å². The lowest BCUT2D eigenvalue weighted by atomic mass is 10.1. The molecule has 1 aromatic carbocycles. The maximum Gasteiger partial charge on any atom is 0.0979 e. The highest BCUT2D eigenvalue weighted by Crippen LogP contribution is 2.31. The van der Waals surface area contributed by atoms with E-state index in [4.69, 9.17) is 0 Å². The first-order valence-corrected chi connectivity index (χ1v) is 9.17. The van der Waals surface area contributed by atoms with Gasteiger partial charge in [-0.05, 0) is 48.3 Å². The topological polar surface area (TPSA) is 29.1 Å². The molecule has 20 heavy (non-hydrogen) atoms. The molecule has 0 aliphatic carbocycles. The standard InChI is InChI=1S/C15H18BrNOS2/c1-15(2,3)20(18)17-14(11-7-5-4-6-8-11)13-9-12(16)10-19-13/h4-10,14,17H,1-3H3/t14-,20?/m1/s1. The number of hydrogen-bond acceptors (Lipinski definition) is 2. The molecule has 2 atom stereocenters. The van der Waals surface area contributed by atoms with Gasteiger partial charge in [0, 0.05) is 14.7 Å². The molecule has 2 rings (SSSR count). The van der Waals surface area contributed by atoms with Gasteiger partial charge in [-0.15, -0.1) is 11.3 Å². The van der Waals surface area contributed by atoms with E-state index in [1.54, 1.807) is 11.3 Å². The highest BCUT2D eigenvalue weighted by atomic mass is 79.9. The van der Waals surface area contributed by atoms with Crippen molar-refractivity contribution in [1.29, 1.82) is 0 Å². The van der Waals surface area contributed by atoms with Crippen molar-refractivity contribution in [2.75, 3.05) is 0 Å². The second-order valence-electron chi connectivity index (χ2n) is 5.51. The molecule has 5 heteroatoms. The fourth-order valence-corrected chi connectivity index (χ4v) is 4.13. The van der Waals surface area contributed by atoms with Crippen LogP contribution in [0, 0.1) is 0 Å². The summed E-state index contributed by atoms with van der Waals surface area (Å²) in [6, 6.07) is 12.2. The Morgan fingerprint density at radius 1 is 1.25 bits per heavy atom. The van der Waals surface area contributed by atoms with Crippen molar-refractivity contribution in [3.05, 3.63) is 56.7 Å². The second-order valence-corrected chi connectivity index (χ2v) is 9.37. The largest absolute Gasteiger partial charge is 0.242 e. The maximum atomic E-state index is 12.4. The Morgan fingerprint density at radius 2 is 1.90 bits per heavy atom. The van der Waals surface area contributed by atoms with Crippen molar-refractivity contribution in [1.82, 2.24) is 4.72 Å². The predicted molar refractivity (Wildman–Crippen MR) is 91.3 cm³/mol. The molecular weight excluding hydrogens is 354 g/mol. The van der Waals surface area contributed by atoms with Crippen molar-refractivity contribution in [3.63, 3.8) is 0 Å². The zero-order valence-corrected chi connectivity index (χ0v) is 14.9. The van der Waals surface area contributed by atoms with Crippen molar-refractivity contribution in [2.24, 2.45) is 0 Å². The molecule has 0 radical (unpaired) electrons. The molecule has 108 valence electrons. The molecule has 1 heterocycles. The minimum absolute atomic E-state index is 0.0486. The Labute approximate surface area is 135 Å². The number of halogens is 1. The summed E-state index contributed by atoms with van der Waals surface area (Å²) in [7, 11) is -1.12. The predicted octanol–water partition coefficient (Wildman–Crippen LogP) is 4.65. The number of thiophene rings is 1. The van der Waals surface area contributed by atoms with Crippen LogP contribution >= 0.6 is 27.3 Å². The van der Waals surface area contributed by atoms with E-state index in [0.717, 1.165) is 14.9 Å². The molecule has 2 aromatic rings. The fourth-order valence-electron chi connectivity index (χ4n) is 1.70. The van der Waals surface area contributed by atoms with E-state index in [-0.39, 0.29) is 10.8 Å². The molecule has 0 spiro atoms. The Kier molecular flexibility index (Phi) is 5.18. The van der Waals surface area contributed by atoms with Crippen molar-refractivity contribution >= 4 is 38.3 Å². The van der Waals surface area contributed by atoms with Gasteiger partial charge in [0.05, 0.1) is 21.8 Å². The Balaban J connectivity index is 2.33. The van der Waals surface area contributed by atoms with Crippen LogP contribution in [-0.2, 0) is 11.0 Å². The molecule has 1 N–H and O–H groups in total. The van der Waals surface area contributed by atoms with Crippen molar-refractivity contribution < 1.29 is 4.21 Å². The van der Waals surface area contributed by atoms with E-state index in [2.05, 4.69) is 38.9 Å². The molecule has 1 aromatic heterocycles. The van der Waals surface area contributed by atoms with Crippen LogP contribution in [0.2, 0.25) is 0 Å². The van der Waals surface area contributed by atoms with Gasteiger partial charge >= 0.3 is 0 Å². The van der Waals surface area contributed by atoms with Crippen LogP contribution in [0.1, 0.15) is 37.3 Å². The first-order valence-electron chi connectivity index (χ1n) is 6.35. The summed E-state index contributed by atoms with van der Waals surface area (Å²) in [6.45, 7) is 5.92. The highest BCUT2D eigenvalue weighted by Gasteiger charge is 2.25. The lowest BCUT2D eigenvalue weighted by Gasteiger charge is -2.24. The molecular formula is C15H18BrNOS2. The second kappa shape index (κ2) is 6.52. The monoisotopic (exact) mass is 371 g/mol. The first kappa shape index (κ1) is 15.9. The highest BCUT2D eigenvalue weighted by molar-refractivity contribution is 9.10. The van der Waals surface area contributed by atoms with Crippen LogP contribution < -0.4 is 4.72 Å². The van der Waals surface area contributed by atoms with E-state index in [9.17, 15) is 4.21 Å². The van der Waals surface area contributed by atoms with Gasteiger partial charge in [-0.25, -0.2) is 8.93 Å². The molecule has 0 saturated carbocycles. The summed E-state index contributed by atoms with van der Waals surface area (Å²) in [6.07, 6.45) is 0. The molecule has 0 aliphatic rings. The van der Waals surface area contributed by atoms with Gasteiger partial charge < -0.3 is 0 Å². The van der Waals surface area contributed by atoms with Gasteiger partial charge in [-0.2, -0.15) is 0 Å². The van der Waals surface area contributed by atoms with Gasteiger partial charge in [-0.1, -0.05) is 30.3 Å². The summed E-state index contributed by atoms with van der Waals surface area (Å²) in [5.41, 5.74) is 1.12. The average molecular weight is 372 g/mol. The van der Waals surface area contributed by atoms with Gasteiger partial charge in [0.25, 0.3) is 0 Å². The van der Waals surface area contributed by atoms with E-state index < -0.39 is 11.0 Å². The van der Waals surface area contributed by atoms with Crippen LogP contribution in [-0.4, -0.2) is 8.96 Å². The zero-order chi connectivity index (χ0) is 14.8. The van der Waals surface area contributed by atoms with Crippen molar-refractivity contribution in [3.8, 4) is 0 Å². The van der Waals surface area contributed by atoms with E-state index in [1.807, 2.05) is 44.4 Å². The Bertz CT molecular complexity index is 589. The van der Waals surface area contributed by atoms with Gasteiger partial charge in [-0.3, -0.25) is 0 Å². The van der Waals surface area contributed by atoms with Crippen LogP contribution in [0.15, 0.2) is 46.3 Å². The molecule has 1 unspecified atom stereocenters. The smallest absolute Gasteiger partial charge is 0.0979 e. The quantitative estimate of drug-likeness (QED) is 0.832. The van der Waals surface area contributed by atoms with Gasteiger partial charge in [0.1, 0.15) is 0 Å². The molecule has 2 nitrogen and oxygen atoms in total. The molecule has 0 amide bonds. The third-order valence-corrected chi connectivity index (χ3v) is 6.11. The van der Waals surface area contributed by atoms with Crippen LogP contribution in [0.4, 0.5) is 0 Å². The summed E-state index contributed by atoms with van der Waals surface area (Å²) in [4.78, 5) is 1.15. The lowest BCUT2D eigenvalue weighted by Crippen LogP contribution is -2.35. The SMILES string of the molecule is CC(C)(C)S(=O)N[C@H](c1ccccc1)c1cc(Br)cs1. The van der Waals surface area contributed by atoms with Crippen molar-refractivity contribution in [2.45, 2.75) is 31.6 Å². The summed E-state index contributed by atoms with van der Waals surface area (Å²) in [5.74, 6) is 0. The molecule has 0 aliphatic heterocycles. The normalized spacial score (nSPS) is 15.0. The average Bonchev–Trinajstić information content (AvgIpc) is 2.82. The number of hydrogen-bond donors (Lipinski definition) is 1. The Hall–Kier alpha value is -0.490. The maximum absolute atomic E-state index is 12.4. The molecule has 0 saturated heterocycles. The van der Waals surface area contributed by atoms with Gasteiger partial charge in [0.2, 0.25) is 0 Å². The Morgan fingerprint density at radius 3 is 2.40 bits per heavy atom. The minimum Gasteiger partial charge on any atom is -0.242 e. The van der Waals surface area contributed by atoms with E-state index >= 15 is 0 Å². The van der Waals surface area contributed by atoms with Gasteiger partial charge in [0.15, 0.2) is 0 Å². The number of benzene rings is 1. The number of nitrogens with one attached hydrogen (secondary N) is 1. The minimum atomic E-state index is -1.12. The van der Waals surface area contributed by atoms with Crippen LogP contribution in [0.5, 0.6) is 0 Å². The van der Waals surface area contributed by atoms with E-state index in [0.29, 0.717) is 0 Å². The zero-order valence-electron chi connectivity index (χ0n) is 11.7. The lowest BCUT2D eigenvalue weighted by molar-refractivity contribution is 0.625. The third kappa shape index (κ3) is 4.01. The summed E-state index contributed by atoms with van der Waals surface area (Å²) >= 11 is 5.15. The fraction of sp³-hybridized carbons (Fsp3) is 0.333. The molecule has 0 bridgehead atoms. The first-order chi connectivity index (χ1) is 9.38. The summed E-state index contributed by atoms with van der Waals surface area (Å²) < 4.78 is 16.5. The van der Waals surface area contributed by atoms with Crippen LogP contribution in [0.3, 0.4) is 0 Å². The number of rotatable bonds is 4. The van der Waals surface area contributed by atoms with Crippen LogP contribution in [0.25, 0.3) is 0 Å².